The van der Waals surface area contributed by atoms with Crippen LogP contribution < -0.4 is 15.5 Å². The molecule has 0 amide bonds. The van der Waals surface area contributed by atoms with Crippen LogP contribution >= 0.6 is 11.9 Å². The van der Waals surface area contributed by atoms with Gasteiger partial charge in [0.25, 0.3) is 0 Å². The first kappa shape index (κ1) is 14.5. The van der Waals surface area contributed by atoms with Gasteiger partial charge in [-0.25, -0.2) is 4.79 Å². The van der Waals surface area contributed by atoms with E-state index < -0.39 is 5.63 Å². The van der Waals surface area contributed by atoms with E-state index in [0.29, 0.717) is 22.3 Å². The fraction of sp³-hybridized carbons (Fsp3) is 0.0625. The summed E-state index contributed by atoms with van der Waals surface area (Å²) in [6.07, 6.45) is 0. The molecule has 0 spiro atoms. The lowest BCUT2D eigenvalue weighted by atomic mass is 10.1. The average Bonchev–Trinajstić information content (AvgIpc) is 2.51. The van der Waals surface area contributed by atoms with Crippen LogP contribution in [0.1, 0.15) is 5.56 Å². The molecule has 0 saturated heterocycles. The first-order valence-corrected chi connectivity index (χ1v) is 7.37. The van der Waals surface area contributed by atoms with Crippen molar-refractivity contribution in [3.63, 3.8) is 0 Å². The van der Waals surface area contributed by atoms with Gasteiger partial charge in [0.1, 0.15) is 17.1 Å². The highest BCUT2D eigenvalue weighted by molar-refractivity contribution is 7.97. The SMILES string of the molecule is Cc1c(Oc2cccc(SN)c2)c(=O)oc2cc(O)ccc12. The highest BCUT2D eigenvalue weighted by Gasteiger charge is 2.14. The maximum Gasteiger partial charge on any atom is 0.379 e. The lowest BCUT2D eigenvalue weighted by molar-refractivity contribution is 0.431. The van der Waals surface area contributed by atoms with Crippen molar-refractivity contribution < 1.29 is 14.3 Å². The summed E-state index contributed by atoms with van der Waals surface area (Å²) in [5.41, 5.74) is 0.375. The summed E-state index contributed by atoms with van der Waals surface area (Å²) in [7, 11) is 0. The van der Waals surface area contributed by atoms with Crippen molar-refractivity contribution in [3.05, 3.63) is 58.4 Å². The molecule has 1 heterocycles. The minimum absolute atomic E-state index is 0.0383. The molecule has 0 unspecified atom stereocenters. The second-order valence-corrected chi connectivity index (χ2v) is 5.43. The first-order chi connectivity index (χ1) is 10.6. The van der Waals surface area contributed by atoms with Crippen molar-refractivity contribution in [3.8, 4) is 17.2 Å². The van der Waals surface area contributed by atoms with Crippen LogP contribution in [0.4, 0.5) is 0 Å². The van der Waals surface area contributed by atoms with Crippen LogP contribution in [0.5, 0.6) is 17.2 Å². The average molecular weight is 315 g/mol. The summed E-state index contributed by atoms with van der Waals surface area (Å²) < 4.78 is 10.9. The van der Waals surface area contributed by atoms with Crippen molar-refractivity contribution >= 4 is 22.9 Å². The van der Waals surface area contributed by atoms with E-state index in [4.69, 9.17) is 14.3 Å². The fourth-order valence-corrected chi connectivity index (χ4v) is 2.52. The summed E-state index contributed by atoms with van der Waals surface area (Å²) in [4.78, 5) is 12.9. The molecule has 0 saturated carbocycles. The van der Waals surface area contributed by atoms with Crippen LogP contribution in [0.25, 0.3) is 11.0 Å². The Kier molecular flexibility index (Phi) is 3.79. The lowest BCUT2D eigenvalue weighted by Gasteiger charge is -2.10. The maximum atomic E-state index is 12.1. The zero-order valence-corrected chi connectivity index (χ0v) is 12.5. The van der Waals surface area contributed by atoms with Crippen molar-refractivity contribution in [2.45, 2.75) is 11.8 Å². The predicted octanol–water partition coefficient (Wildman–Crippen LogP) is 3.57. The number of aryl methyl sites for hydroxylation is 1. The second kappa shape index (κ2) is 5.75. The van der Waals surface area contributed by atoms with Crippen LogP contribution in [0, 0.1) is 6.92 Å². The van der Waals surface area contributed by atoms with Gasteiger partial charge in [-0.1, -0.05) is 6.07 Å². The molecule has 0 atom stereocenters. The van der Waals surface area contributed by atoms with Gasteiger partial charge in [-0.2, -0.15) is 0 Å². The molecule has 112 valence electrons. The third kappa shape index (κ3) is 2.66. The van der Waals surface area contributed by atoms with Crippen molar-refractivity contribution in [1.82, 2.24) is 0 Å². The topological polar surface area (TPSA) is 85.7 Å². The van der Waals surface area contributed by atoms with Crippen LogP contribution in [0.2, 0.25) is 0 Å². The summed E-state index contributed by atoms with van der Waals surface area (Å²) >= 11 is 1.10. The number of hydrogen-bond acceptors (Lipinski definition) is 6. The molecular formula is C16H13NO4S. The number of phenolic OH excluding ortho intramolecular Hbond substituents is 1. The van der Waals surface area contributed by atoms with Gasteiger partial charge in [0.2, 0.25) is 5.75 Å². The number of phenols is 1. The van der Waals surface area contributed by atoms with E-state index in [1.54, 1.807) is 31.2 Å². The van der Waals surface area contributed by atoms with Crippen molar-refractivity contribution in [2.24, 2.45) is 5.14 Å². The first-order valence-electron chi connectivity index (χ1n) is 6.49. The molecule has 0 fully saturated rings. The molecule has 0 aliphatic heterocycles. The van der Waals surface area contributed by atoms with E-state index in [2.05, 4.69) is 0 Å². The zero-order valence-electron chi connectivity index (χ0n) is 11.7. The van der Waals surface area contributed by atoms with Crippen molar-refractivity contribution in [1.29, 1.82) is 0 Å². The Labute approximate surface area is 130 Å². The Morgan fingerprint density at radius 2 is 2.05 bits per heavy atom. The molecule has 0 aliphatic rings. The van der Waals surface area contributed by atoms with Gasteiger partial charge in [0.05, 0.1) is 0 Å². The monoisotopic (exact) mass is 315 g/mol. The van der Waals surface area contributed by atoms with Crippen LogP contribution in [0.3, 0.4) is 0 Å². The lowest BCUT2D eigenvalue weighted by Crippen LogP contribution is -2.06. The molecule has 0 aliphatic carbocycles. The number of hydrogen-bond donors (Lipinski definition) is 2. The molecular weight excluding hydrogens is 302 g/mol. The fourth-order valence-electron chi connectivity index (χ4n) is 2.17. The quantitative estimate of drug-likeness (QED) is 0.568. The van der Waals surface area contributed by atoms with E-state index in [0.717, 1.165) is 16.8 Å². The molecule has 3 aromatic rings. The Morgan fingerprint density at radius 3 is 2.82 bits per heavy atom. The van der Waals surface area contributed by atoms with E-state index in [1.807, 2.05) is 6.07 Å². The smallest absolute Gasteiger partial charge is 0.379 e. The van der Waals surface area contributed by atoms with Gasteiger partial charge in [-0.15, -0.1) is 0 Å². The largest absolute Gasteiger partial charge is 0.508 e. The summed E-state index contributed by atoms with van der Waals surface area (Å²) in [5.74, 6) is 0.665. The molecule has 6 heteroatoms. The Balaban J connectivity index is 2.10. The van der Waals surface area contributed by atoms with Gasteiger partial charge in [0.15, 0.2) is 0 Å². The third-order valence-corrected chi connectivity index (χ3v) is 3.79. The van der Waals surface area contributed by atoms with Crippen LogP contribution in [0.15, 0.2) is 56.6 Å². The minimum atomic E-state index is -0.596. The molecule has 1 aromatic heterocycles. The van der Waals surface area contributed by atoms with Crippen LogP contribution in [-0.2, 0) is 0 Å². The number of aromatic hydroxyl groups is 1. The maximum absolute atomic E-state index is 12.1. The summed E-state index contributed by atoms with van der Waals surface area (Å²) in [6.45, 7) is 1.77. The Morgan fingerprint density at radius 1 is 1.23 bits per heavy atom. The van der Waals surface area contributed by atoms with Gasteiger partial charge >= 0.3 is 5.63 Å². The van der Waals surface area contributed by atoms with Crippen LogP contribution in [-0.4, -0.2) is 5.11 Å². The number of fused-ring (bicyclic) bond motifs is 1. The number of ether oxygens (including phenoxy) is 1. The third-order valence-electron chi connectivity index (χ3n) is 3.26. The van der Waals surface area contributed by atoms with Gasteiger partial charge in [-0.05, 0) is 49.2 Å². The molecule has 2 aromatic carbocycles. The number of benzene rings is 2. The Hall–Kier alpha value is -2.44. The second-order valence-electron chi connectivity index (χ2n) is 4.72. The highest BCUT2D eigenvalue weighted by Crippen LogP contribution is 2.30. The van der Waals surface area contributed by atoms with Gasteiger partial charge in [-0.3, -0.25) is 5.14 Å². The predicted molar refractivity (Wildman–Crippen MR) is 85.4 cm³/mol. The highest BCUT2D eigenvalue weighted by atomic mass is 32.2. The minimum Gasteiger partial charge on any atom is -0.508 e. The molecule has 3 N–H and O–H groups in total. The Bertz CT molecular complexity index is 904. The molecule has 3 rings (SSSR count). The van der Waals surface area contributed by atoms with E-state index in [1.165, 1.54) is 12.1 Å². The van der Waals surface area contributed by atoms with Gasteiger partial charge in [0, 0.05) is 21.9 Å². The number of rotatable bonds is 3. The normalized spacial score (nSPS) is 10.8. The zero-order chi connectivity index (χ0) is 15.7. The van der Waals surface area contributed by atoms with Gasteiger partial charge < -0.3 is 14.3 Å². The molecule has 22 heavy (non-hydrogen) atoms. The van der Waals surface area contributed by atoms with Crippen molar-refractivity contribution in [2.75, 3.05) is 0 Å². The molecule has 0 bridgehead atoms. The molecule has 0 radical (unpaired) electrons. The number of nitrogens with two attached hydrogens (primary N) is 1. The summed E-state index contributed by atoms with van der Waals surface area (Å²) in [5, 5.41) is 15.7. The summed E-state index contributed by atoms with van der Waals surface area (Å²) in [6, 6.07) is 11.7. The van der Waals surface area contributed by atoms with E-state index in [-0.39, 0.29) is 11.5 Å². The standard InChI is InChI=1S/C16H13NO4S/c1-9-13-6-5-10(18)7-14(13)21-16(19)15(9)20-11-3-2-4-12(8-11)22-17/h2-8,18H,17H2,1H3. The molecule has 5 nitrogen and oxygen atoms in total. The van der Waals surface area contributed by atoms with E-state index >= 15 is 0 Å². The van der Waals surface area contributed by atoms with E-state index in [9.17, 15) is 9.90 Å².